The summed E-state index contributed by atoms with van der Waals surface area (Å²) in [7, 11) is 1.75. The van der Waals surface area contributed by atoms with Crippen LogP contribution in [0.4, 0.5) is 4.79 Å². The number of nitrogens with one attached hydrogen (secondary N) is 2. The van der Waals surface area contributed by atoms with Gasteiger partial charge in [0.15, 0.2) is 0 Å². The predicted molar refractivity (Wildman–Crippen MR) is 79.9 cm³/mol. The van der Waals surface area contributed by atoms with Crippen molar-refractivity contribution in [3.8, 4) is 0 Å². The molecular formula is C14H21N3O2S. The van der Waals surface area contributed by atoms with Gasteiger partial charge in [-0.2, -0.15) is 0 Å². The second kappa shape index (κ2) is 5.83. The van der Waals surface area contributed by atoms with E-state index in [0.717, 1.165) is 5.56 Å². The summed E-state index contributed by atoms with van der Waals surface area (Å²) in [4.78, 5) is 27.8. The first kappa shape index (κ1) is 14.8. The SMILES string of the molecule is Cc1cc(C(C)NC(=O)NC2CCN(C)C2=O)c(C)s1. The van der Waals surface area contributed by atoms with E-state index in [1.165, 1.54) is 9.75 Å². The molecule has 1 aliphatic rings. The third-order valence-electron chi connectivity index (χ3n) is 3.63. The van der Waals surface area contributed by atoms with Crippen molar-refractivity contribution >= 4 is 23.3 Å². The Morgan fingerprint density at radius 2 is 2.20 bits per heavy atom. The fraction of sp³-hybridized carbons (Fsp3) is 0.571. The van der Waals surface area contributed by atoms with E-state index in [9.17, 15) is 9.59 Å². The standard InChI is InChI=1S/C14H21N3O2S/c1-8-7-11(10(3)20-8)9(2)15-14(19)16-12-5-6-17(4)13(12)18/h7,9,12H,5-6H2,1-4H3,(H2,15,16,19). The number of rotatable bonds is 3. The van der Waals surface area contributed by atoms with Crippen molar-refractivity contribution in [2.24, 2.45) is 0 Å². The topological polar surface area (TPSA) is 61.4 Å². The number of likely N-dealkylation sites (N-methyl/N-ethyl adjacent to an activating group) is 1. The van der Waals surface area contributed by atoms with E-state index in [-0.39, 0.29) is 18.0 Å². The van der Waals surface area contributed by atoms with E-state index in [0.29, 0.717) is 13.0 Å². The van der Waals surface area contributed by atoms with Crippen molar-refractivity contribution in [1.82, 2.24) is 15.5 Å². The van der Waals surface area contributed by atoms with E-state index >= 15 is 0 Å². The van der Waals surface area contributed by atoms with E-state index < -0.39 is 6.04 Å². The molecule has 1 aliphatic heterocycles. The molecule has 1 saturated heterocycles. The van der Waals surface area contributed by atoms with Gasteiger partial charge in [-0.25, -0.2) is 4.79 Å². The quantitative estimate of drug-likeness (QED) is 0.895. The monoisotopic (exact) mass is 295 g/mol. The Morgan fingerprint density at radius 3 is 2.70 bits per heavy atom. The van der Waals surface area contributed by atoms with Crippen molar-refractivity contribution < 1.29 is 9.59 Å². The summed E-state index contributed by atoms with van der Waals surface area (Å²) in [6.45, 7) is 6.76. The first-order chi connectivity index (χ1) is 9.38. The van der Waals surface area contributed by atoms with Gasteiger partial charge in [-0.1, -0.05) is 0 Å². The third kappa shape index (κ3) is 3.12. The van der Waals surface area contributed by atoms with Crippen molar-refractivity contribution in [2.75, 3.05) is 13.6 Å². The Kier molecular flexibility index (Phi) is 4.32. The molecule has 1 aromatic heterocycles. The number of urea groups is 1. The molecule has 0 bridgehead atoms. The van der Waals surface area contributed by atoms with Crippen LogP contribution < -0.4 is 10.6 Å². The highest BCUT2D eigenvalue weighted by Crippen LogP contribution is 2.26. The van der Waals surface area contributed by atoms with Gasteiger partial charge in [0.05, 0.1) is 6.04 Å². The summed E-state index contributed by atoms with van der Waals surface area (Å²) in [6.07, 6.45) is 0.674. The average molecular weight is 295 g/mol. The number of nitrogens with zero attached hydrogens (tertiary/aromatic N) is 1. The zero-order valence-corrected chi connectivity index (χ0v) is 13.1. The minimum Gasteiger partial charge on any atom is -0.344 e. The van der Waals surface area contributed by atoms with Crippen LogP contribution in [-0.4, -0.2) is 36.5 Å². The molecule has 0 saturated carbocycles. The van der Waals surface area contributed by atoms with E-state index in [4.69, 9.17) is 0 Å². The van der Waals surface area contributed by atoms with Crippen LogP contribution in [0.25, 0.3) is 0 Å². The molecular weight excluding hydrogens is 274 g/mol. The Labute approximate surface area is 123 Å². The summed E-state index contributed by atoms with van der Waals surface area (Å²) < 4.78 is 0. The number of amides is 3. The lowest BCUT2D eigenvalue weighted by Gasteiger charge is -2.17. The first-order valence-corrected chi connectivity index (χ1v) is 7.59. The molecule has 20 heavy (non-hydrogen) atoms. The second-order valence-electron chi connectivity index (χ2n) is 5.31. The molecule has 3 amide bonds. The van der Waals surface area contributed by atoms with E-state index in [2.05, 4.69) is 30.5 Å². The lowest BCUT2D eigenvalue weighted by atomic mass is 10.1. The number of carbonyl (C=O) groups excluding carboxylic acids is 2. The number of likely N-dealkylation sites (tertiary alicyclic amines) is 1. The summed E-state index contributed by atoms with van der Waals surface area (Å²) in [5, 5.41) is 5.65. The lowest BCUT2D eigenvalue weighted by molar-refractivity contribution is -0.128. The zero-order valence-electron chi connectivity index (χ0n) is 12.3. The van der Waals surface area contributed by atoms with Crippen LogP contribution in [0.1, 0.15) is 34.7 Å². The molecule has 2 N–H and O–H groups in total. The van der Waals surface area contributed by atoms with Crippen molar-refractivity contribution in [3.63, 3.8) is 0 Å². The van der Waals surface area contributed by atoms with Gasteiger partial charge < -0.3 is 15.5 Å². The highest BCUT2D eigenvalue weighted by Gasteiger charge is 2.30. The molecule has 0 aliphatic carbocycles. The molecule has 1 fully saturated rings. The van der Waals surface area contributed by atoms with Crippen LogP contribution in [0, 0.1) is 13.8 Å². The maximum absolute atomic E-state index is 12.0. The molecule has 0 spiro atoms. The van der Waals surface area contributed by atoms with Gasteiger partial charge in [-0.3, -0.25) is 4.79 Å². The molecule has 2 heterocycles. The Hall–Kier alpha value is -1.56. The summed E-state index contributed by atoms with van der Waals surface area (Å²) in [5.41, 5.74) is 1.14. The molecule has 0 aromatic carbocycles. The minimum absolute atomic E-state index is 0.0182. The Balaban J connectivity index is 1.91. The van der Waals surface area contributed by atoms with Gasteiger partial charge in [0.2, 0.25) is 5.91 Å². The van der Waals surface area contributed by atoms with E-state index in [1.54, 1.807) is 23.3 Å². The minimum atomic E-state index is -0.391. The van der Waals surface area contributed by atoms with Crippen LogP contribution in [0.2, 0.25) is 0 Å². The van der Waals surface area contributed by atoms with Gasteiger partial charge in [0, 0.05) is 23.3 Å². The van der Waals surface area contributed by atoms with Crippen molar-refractivity contribution in [1.29, 1.82) is 0 Å². The van der Waals surface area contributed by atoms with Gasteiger partial charge in [-0.05, 0) is 38.8 Å². The molecule has 0 radical (unpaired) electrons. The number of hydrogen-bond acceptors (Lipinski definition) is 3. The normalized spacial score (nSPS) is 20.1. The number of thiophene rings is 1. The highest BCUT2D eigenvalue weighted by atomic mass is 32.1. The molecule has 6 heteroatoms. The number of aryl methyl sites for hydroxylation is 2. The van der Waals surface area contributed by atoms with Gasteiger partial charge in [0.25, 0.3) is 0 Å². The summed E-state index contributed by atoms with van der Waals surface area (Å²) in [6, 6.07) is 1.36. The fourth-order valence-electron chi connectivity index (χ4n) is 2.51. The smallest absolute Gasteiger partial charge is 0.315 e. The van der Waals surface area contributed by atoms with Crippen LogP contribution in [0.3, 0.4) is 0 Å². The van der Waals surface area contributed by atoms with E-state index in [1.807, 2.05) is 6.92 Å². The highest BCUT2D eigenvalue weighted by molar-refractivity contribution is 7.12. The molecule has 5 nitrogen and oxygen atoms in total. The average Bonchev–Trinajstić information content (AvgIpc) is 2.85. The maximum Gasteiger partial charge on any atom is 0.315 e. The maximum atomic E-state index is 12.0. The molecule has 2 rings (SSSR count). The van der Waals surface area contributed by atoms with Gasteiger partial charge in [-0.15, -0.1) is 11.3 Å². The molecule has 2 atom stereocenters. The first-order valence-electron chi connectivity index (χ1n) is 6.77. The Bertz CT molecular complexity index is 526. The van der Waals surface area contributed by atoms with Gasteiger partial charge >= 0.3 is 6.03 Å². The summed E-state index contributed by atoms with van der Waals surface area (Å²) in [5.74, 6) is -0.0182. The van der Waals surface area contributed by atoms with Gasteiger partial charge in [0.1, 0.15) is 6.04 Å². The van der Waals surface area contributed by atoms with Crippen LogP contribution in [0.15, 0.2) is 6.07 Å². The number of carbonyl (C=O) groups is 2. The van der Waals surface area contributed by atoms with Crippen LogP contribution >= 0.6 is 11.3 Å². The van der Waals surface area contributed by atoms with Crippen molar-refractivity contribution in [3.05, 3.63) is 21.4 Å². The second-order valence-corrected chi connectivity index (χ2v) is 6.77. The third-order valence-corrected chi connectivity index (χ3v) is 4.61. The van der Waals surface area contributed by atoms with Crippen LogP contribution in [0.5, 0.6) is 0 Å². The number of hydrogen-bond donors (Lipinski definition) is 2. The molecule has 1 aromatic rings. The largest absolute Gasteiger partial charge is 0.344 e. The fourth-order valence-corrected chi connectivity index (χ4v) is 3.53. The van der Waals surface area contributed by atoms with Crippen LogP contribution in [-0.2, 0) is 4.79 Å². The molecule has 110 valence electrons. The molecule has 2 unspecified atom stereocenters. The lowest BCUT2D eigenvalue weighted by Crippen LogP contribution is -2.46. The Morgan fingerprint density at radius 1 is 1.50 bits per heavy atom. The predicted octanol–water partition coefficient (Wildman–Crippen LogP) is 1.96. The zero-order chi connectivity index (χ0) is 14.9. The van der Waals surface area contributed by atoms with Crippen molar-refractivity contribution in [2.45, 2.75) is 39.3 Å². The summed E-state index contributed by atoms with van der Waals surface area (Å²) >= 11 is 1.73.